The van der Waals surface area contributed by atoms with E-state index in [0.29, 0.717) is 0 Å². The van der Waals surface area contributed by atoms with Crippen LogP contribution in [0.2, 0.25) is 0 Å². The molecular formula is C23H39IN4O. The van der Waals surface area contributed by atoms with E-state index in [1.807, 2.05) is 7.05 Å². The van der Waals surface area contributed by atoms with E-state index in [2.05, 4.69) is 65.3 Å². The molecule has 2 heterocycles. The molecule has 0 aliphatic carbocycles. The van der Waals surface area contributed by atoms with E-state index in [1.54, 1.807) is 0 Å². The number of rotatable bonds is 6. The van der Waals surface area contributed by atoms with Crippen molar-refractivity contribution in [1.29, 1.82) is 0 Å². The first-order chi connectivity index (χ1) is 13.5. The van der Waals surface area contributed by atoms with Gasteiger partial charge in [0.1, 0.15) is 0 Å². The molecule has 0 aromatic heterocycles. The third kappa shape index (κ3) is 6.82. The molecule has 1 aromatic rings. The summed E-state index contributed by atoms with van der Waals surface area (Å²) >= 11 is 0. The summed E-state index contributed by atoms with van der Waals surface area (Å²) in [6, 6.07) is 8.85. The van der Waals surface area contributed by atoms with Crippen LogP contribution in [0.5, 0.6) is 0 Å². The summed E-state index contributed by atoms with van der Waals surface area (Å²) in [5, 5.41) is 3.63. The van der Waals surface area contributed by atoms with Crippen molar-refractivity contribution in [2.75, 3.05) is 46.9 Å². The zero-order valence-corrected chi connectivity index (χ0v) is 20.9. The first kappa shape index (κ1) is 24.4. The molecule has 6 heteroatoms. The number of fused-ring (bicyclic) bond motifs is 1. The fraction of sp³-hybridized carbons (Fsp3) is 0.696. The minimum atomic E-state index is 0. The zero-order chi connectivity index (χ0) is 20.0. The second-order valence-corrected chi connectivity index (χ2v) is 8.92. The minimum absolute atomic E-state index is 0. The van der Waals surface area contributed by atoms with E-state index in [-0.39, 0.29) is 29.5 Å². The van der Waals surface area contributed by atoms with E-state index < -0.39 is 0 Å². The smallest absolute Gasteiger partial charge is 0.193 e. The van der Waals surface area contributed by atoms with Gasteiger partial charge in [0.15, 0.2) is 5.96 Å². The summed E-state index contributed by atoms with van der Waals surface area (Å²) in [7, 11) is 4.04. The van der Waals surface area contributed by atoms with Crippen LogP contribution < -0.4 is 5.32 Å². The van der Waals surface area contributed by atoms with E-state index >= 15 is 0 Å². The van der Waals surface area contributed by atoms with E-state index in [4.69, 9.17) is 4.74 Å². The van der Waals surface area contributed by atoms with Crippen molar-refractivity contribution >= 4 is 29.9 Å². The van der Waals surface area contributed by atoms with Crippen molar-refractivity contribution in [1.82, 2.24) is 15.1 Å². The Morgan fingerprint density at radius 1 is 1.24 bits per heavy atom. The lowest BCUT2D eigenvalue weighted by Gasteiger charge is -2.42. The zero-order valence-electron chi connectivity index (χ0n) is 18.6. The summed E-state index contributed by atoms with van der Waals surface area (Å²) in [6.07, 6.45) is 4.75. The molecule has 1 N–H and O–H groups in total. The first-order valence-corrected chi connectivity index (χ1v) is 10.8. The quantitative estimate of drug-likeness (QED) is 0.357. The number of nitrogens with one attached hydrogen (secondary N) is 1. The van der Waals surface area contributed by atoms with Crippen LogP contribution in [0.1, 0.15) is 44.2 Å². The van der Waals surface area contributed by atoms with Gasteiger partial charge in [0.2, 0.25) is 0 Å². The average Bonchev–Trinajstić information content (AvgIpc) is 2.73. The number of hydrogen-bond donors (Lipinski definition) is 1. The summed E-state index contributed by atoms with van der Waals surface area (Å²) < 4.78 is 5.48. The minimum Gasteiger partial charge on any atom is -0.381 e. The van der Waals surface area contributed by atoms with Gasteiger partial charge in [-0.2, -0.15) is 0 Å². The number of halogens is 1. The summed E-state index contributed by atoms with van der Waals surface area (Å²) in [6.45, 7) is 10.6. The lowest BCUT2D eigenvalue weighted by atomic mass is 9.94. The van der Waals surface area contributed by atoms with Gasteiger partial charge in [-0.15, -0.1) is 24.0 Å². The van der Waals surface area contributed by atoms with Gasteiger partial charge in [0.25, 0.3) is 0 Å². The van der Waals surface area contributed by atoms with Crippen LogP contribution in [-0.2, 0) is 17.7 Å². The monoisotopic (exact) mass is 514 g/mol. The number of hydrogen-bond acceptors (Lipinski definition) is 3. The number of aliphatic imine (C=N–C) groups is 1. The largest absolute Gasteiger partial charge is 0.381 e. The molecule has 0 radical (unpaired) electrons. The molecule has 2 aliphatic rings. The summed E-state index contributed by atoms with van der Waals surface area (Å²) in [5.41, 5.74) is 3.05. The second kappa shape index (κ2) is 11.5. The molecule has 1 fully saturated rings. The maximum Gasteiger partial charge on any atom is 0.193 e. The SMILES string of the molecule is CN=C(NCC(C)(C)N1CCc2ccccc2C1)N(C)CCC1CCOCC1.I. The summed E-state index contributed by atoms with van der Waals surface area (Å²) in [4.78, 5) is 9.39. The molecule has 1 saturated heterocycles. The Bertz CT molecular complexity index is 658. The average molecular weight is 514 g/mol. The third-order valence-corrected chi connectivity index (χ3v) is 6.45. The van der Waals surface area contributed by atoms with Gasteiger partial charge in [0, 0.05) is 59.0 Å². The molecule has 0 saturated carbocycles. The van der Waals surface area contributed by atoms with Crippen LogP contribution in [0.4, 0.5) is 0 Å². The van der Waals surface area contributed by atoms with Gasteiger partial charge in [-0.25, -0.2) is 0 Å². The maximum atomic E-state index is 5.48. The van der Waals surface area contributed by atoms with Crippen molar-refractivity contribution in [3.05, 3.63) is 35.4 Å². The fourth-order valence-electron chi connectivity index (χ4n) is 4.32. The number of nitrogens with zero attached hydrogens (tertiary/aromatic N) is 3. The number of benzene rings is 1. The van der Waals surface area contributed by atoms with Crippen LogP contribution in [0.3, 0.4) is 0 Å². The van der Waals surface area contributed by atoms with Gasteiger partial charge < -0.3 is 15.0 Å². The lowest BCUT2D eigenvalue weighted by Crippen LogP contribution is -2.54. The molecule has 5 nitrogen and oxygen atoms in total. The van der Waals surface area contributed by atoms with Crippen molar-refractivity contribution in [3.8, 4) is 0 Å². The van der Waals surface area contributed by atoms with Crippen LogP contribution in [0, 0.1) is 5.92 Å². The van der Waals surface area contributed by atoms with Crippen molar-refractivity contribution in [3.63, 3.8) is 0 Å². The molecular weight excluding hydrogens is 475 g/mol. The molecule has 0 unspecified atom stereocenters. The van der Waals surface area contributed by atoms with Gasteiger partial charge in [-0.05, 0) is 56.6 Å². The van der Waals surface area contributed by atoms with Gasteiger partial charge in [-0.1, -0.05) is 24.3 Å². The lowest BCUT2D eigenvalue weighted by molar-refractivity contribution is 0.0624. The molecule has 29 heavy (non-hydrogen) atoms. The standard InChI is InChI=1S/C23H38N4O.HI/c1-23(2,27-14-10-20-7-5-6-8-21(20)17-27)18-25-22(24-3)26(4)13-9-19-11-15-28-16-12-19;/h5-8,19H,9-18H2,1-4H3,(H,24,25);1H. The van der Waals surface area contributed by atoms with E-state index in [0.717, 1.165) is 57.7 Å². The Labute approximate surface area is 194 Å². The Hall–Kier alpha value is -0.860. The van der Waals surface area contributed by atoms with Gasteiger partial charge >= 0.3 is 0 Å². The Morgan fingerprint density at radius 2 is 1.93 bits per heavy atom. The molecule has 0 bridgehead atoms. The maximum absolute atomic E-state index is 5.48. The highest BCUT2D eigenvalue weighted by Gasteiger charge is 2.30. The Balaban J connectivity index is 0.00000300. The molecule has 2 aliphatic heterocycles. The van der Waals surface area contributed by atoms with Crippen LogP contribution in [0.25, 0.3) is 0 Å². The Morgan fingerprint density at radius 3 is 2.62 bits per heavy atom. The van der Waals surface area contributed by atoms with Crippen LogP contribution in [-0.4, -0.2) is 68.2 Å². The highest BCUT2D eigenvalue weighted by molar-refractivity contribution is 14.0. The van der Waals surface area contributed by atoms with Crippen molar-refractivity contribution < 1.29 is 4.74 Å². The number of ether oxygens (including phenoxy) is 1. The predicted octanol–water partition coefficient (Wildman–Crippen LogP) is 3.77. The number of guanidine groups is 1. The highest BCUT2D eigenvalue weighted by Crippen LogP contribution is 2.25. The predicted molar refractivity (Wildman–Crippen MR) is 132 cm³/mol. The second-order valence-electron chi connectivity index (χ2n) is 8.92. The molecule has 0 spiro atoms. The topological polar surface area (TPSA) is 40.1 Å². The van der Waals surface area contributed by atoms with E-state index in [1.165, 1.54) is 30.4 Å². The van der Waals surface area contributed by atoms with E-state index in [9.17, 15) is 0 Å². The molecule has 1 aromatic carbocycles. The fourth-order valence-corrected chi connectivity index (χ4v) is 4.32. The van der Waals surface area contributed by atoms with Crippen LogP contribution >= 0.6 is 24.0 Å². The highest BCUT2D eigenvalue weighted by atomic mass is 127. The summed E-state index contributed by atoms with van der Waals surface area (Å²) in [5.74, 6) is 1.79. The van der Waals surface area contributed by atoms with Crippen molar-refractivity contribution in [2.24, 2.45) is 10.9 Å². The normalized spacial score (nSPS) is 18.7. The molecule has 0 amide bonds. The molecule has 0 atom stereocenters. The van der Waals surface area contributed by atoms with Crippen molar-refractivity contribution in [2.45, 2.75) is 51.6 Å². The third-order valence-electron chi connectivity index (χ3n) is 6.45. The van der Waals surface area contributed by atoms with Gasteiger partial charge in [-0.3, -0.25) is 9.89 Å². The molecule has 164 valence electrons. The van der Waals surface area contributed by atoms with Crippen LogP contribution in [0.15, 0.2) is 29.3 Å². The molecule has 3 rings (SSSR count). The van der Waals surface area contributed by atoms with Gasteiger partial charge in [0.05, 0.1) is 0 Å². The first-order valence-electron chi connectivity index (χ1n) is 10.8. The Kier molecular flexibility index (Phi) is 9.69.